The van der Waals surface area contributed by atoms with E-state index in [9.17, 15) is 26.3 Å². The van der Waals surface area contributed by atoms with Crippen molar-refractivity contribution in [1.29, 1.82) is 0 Å². The van der Waals surface area contributed by atoms with Gasteiger partial charge in [0.1, 0.15) is 6.10 Å². The maximum Gasteiger partial charge on any atom is 0.435 e. The molecule has 2 aromatic heterocycles. The Morgan fingerprint density at radius 2 is 1.75 bits per heavy atom. The van der Waals surface area contributed by atoms with E-state index >= 15 is 0 Å². The summed E-state index contributed by atoms with van der Waals surface area (Å²) in [7, 11) is 0. The third-order valence-corrected chi connectivity index (χ3v) is 8.19. The number of fused-ring (bicyclic) bond motifs is 1. The van der Waals surface area contributed by atoms with Crippen LogP contribution in [0.3, 0.4) is 0 Å². The van der Waals surface area contributed by atoms with E-state index in [1.54, 1.807) is 6.07 Å². The van der Waals surface area contributed by atoms with Crippen LogP contribution < -0.4 is 5.73 Å². The maximum atomic E-state index is 13.7. The Morgan fingerprint density at radius 3 is 2.45 bits per heavy atom. The topological polar surface area (TPSA) is 68.9 Å². The molecule has 1 saturated carbocycles. The number of nitrogens with one attached hydrogen (secondary N) is 1. The van der Waals surface area contributed by atoms with Crippen LogP contribution in [0.2, 0.25) is 0 Å². The Balaban J connectivity index is 1.44. The molecule has 0 spiro atoms. The van der Waals surface area contributed by atoms with Crippen LogP contribution in [0.15, 0.2) is 54.6 Å². The molecule has 4 aromatic rings. The number of H-pyrrole nitrogens is 1. The summed E-state index contributed by atoms with van der Waals surface area (Å²) in [5.41, 5.74) is 6.08. The first-order valence-electron chi connectivity index (χ1n) is 13.1. The maximum absolute atomic E-state index is 13.7. The highest BCUT2D eigenvalue weighted by molar-refractivity contribution is 5.98. The molecule has 2 fully saturated rings. The van der Waals surface area contributed by atoms with E-state index in [0.29, 0.717) is 42.5 Å². The van der Waals surface area contributed by atoms with Gasteiger partial charge in [-0.2, -0.15) is 31.4 Å². The lowest BCUT2D eigenvalue weighted by Gasteiger charge is -2.39. The molecule has 2 aromatic carbocycles. The van der Waals surface area contributed by atoms with Crippen molar-refractivity contribution in [2.45, 2.75) is 68.6 Å². The number of para-hydroxylation sites is 1. The number of nitrogens with two attached hydrogens (primary N) is 1. The first kappa shape index (κ1) is 26.9. The van der Waals surface area contributed by atoms with E-state index in [2.05, 4.69) is 10.1 Å². The van der Waals surface area contributed by atoms with Gasteiger partial charge in [0.2, 0.25) is 0 Å². The van der Waals surface area contributed by atoms with Crippen LogP contribution in [0.5, 0.6) is 0 Å². The molecule has 3 heterocycles. The molecule has 2 atom stereocenters. The summed E-state index contributed by atoms with van der Waals surface area (Å²) in [6, 6.07) is 13.6. The number of nitrogens with zero attached hydrogens (tertiary/aromatic N) is 2. The van der Waals surface area contributed by atoms with Crippen molar-refractivity contribution in [1.82, 2.24) is 14.8 Å². The fourth-order valence-electron chi connectivity index (χ4n) is 5.73. The fraction of sp³-hybridized carbons (Fsp3) is 0.414. The highest BCUT2D eigenvalue weighted by Gasteiger charge is 2.45. The zero-order valence-electron chi connectivity index (χ0n) is 21.7. The molecule has 40 heavy (non-hydrogen) atoms. The average Bonchev–Trinajstić information content (AvgIpc) is 3.29. The monoisotopic (exact) mass is 562 g/mol. The Morgan fingerprint density at radius 1 is 1.00 bits per heavy atom. The third-order valence-electron chi connectivity index (χ3n) is 8.19. The summed E-state index contributed by atoms with van der Waals surface area (Å²) in [5.74, 6) is 0. The zero-order chi connectivity index (χ0) is 28.5. The van der Waals surface area contributed by atoms with Crippen LogP contribution in [-0.2, 0) is 29.0 Å². The minimum Gasteiger partial charge on any atom is -0.372 e. The lowest BCUT2D eigenvalue weighted by Crippen LogP contribution is -2.35. The summed E-state index contributed by atoms with van der Waals surface area (Å²) in [6.45, 7) is 2.37. The molecule has 2 aliphatic rings. The zero-order valence-corrected chi connectivity index (χ0v) is 21.7. The lowest BCUT2D eigenvalue weighted by atomic mass is 9.74. The van der Waals surface area contributed by atoms with Crippen molar-refractivity contribution >= 4 is 10.9 Å². The molecular weight excluding hydrogens is 534 g/mol. The molecular formula is C29H28F6N4O. The first-order chi connectivity index (χ1) is 18.8. The van der Waals surface area contributed by atoms with Gasteiger partial charge in [-0.3, -0.25) is 4.68 Å². The quantitative estimate of drug-likeness (QED) is 0.250. The summed E-state index contributed by atoms with van der Waals surface area (Å²) >= 11 is 0. The summed E-state index contributed by atoms with van der Waals surface area (Å²) in [6.07, 6.45) is -7.64. The highest BCUT2D eigenvalue weighted by Crippen LogP contribution is 2.49. The van der Waals surface area contributed by atoms with Crippen LogP contribution in [0.4, 0.5) is 26.3 Å². The molecule has 1 aliphatic carbocycles. The van der Waals surface area contributed by atoms with Gasteiger partial charge in [0.05, 0.1) is 17.8 Å². The van der Waals surface area contributed by atoms with Crippen molar-refractivity contribution in [3.63, 3.8) is 0 Å². The van der Waals surface area contributed by atoms with Gasteiger partial charge < -0.3 is 15.5 Å². The number of alkyl halides is 6. The van der Waals surface area contributed by atoms with Crippen molar-refractivity contribution in [3.05, 3.63) is 77.2 Å². The molecule has 3 N–H and O–H groups in total. The smallest absolute Gasteiger partial charge is 0.372 e. The van der Waals surface area contributed by atoms with Crippen molar-refractivity contribution < 1.29 is 31.1 Å². The normalized spacial score (nSPS) is 23.1. The Labute approximate surface area is 226 Å². The standard InChI is InChI=1S/C29H28F6N4O/c1-26(11-12-40-22(15-26)21-14-23(29(33,34)35)38-39(21)16-27(36)9-10-27)25-24(19-7-2-3-8-20(19)37-25)17-5-4-6-18(13-17)28(30,31)32/h2-8,13-14,22,37H,9-12,15-16,36H2,1H3. The lowest BCUT2D eigenvalue weighted by molar-refractivity contribution is -0.141. The SMILES string of the molecule is CC1(c2[nH]c3ccccc3c2-c2cccc(C(F)(F)F)c2)CCOC(c2cc(C(F)(F)F)nn2CC2(N)CC2)C1. The molecule has 6 rings (SSSR count). The second kappa shape index (κ2) is 9.10. The molecule has 11 heteroatoms. The molecule has 0 radical (unpaired) electrons. The van der Waals surface area contributed by atoms with Crippen LogP contribution in [0.1, 0.15) is 61.4 Å². The molecule has 2 unspecified atom stereocenters. The van der Waals surface area contributed by atoms with Gasteiger partial charge in [0, 0.05) is 39.7 Å². The molecule has 1 saturated heterocycles. The van der Waals surface area contributed by atoms with Crippen LogP contribution in [0, 0.1) is 0 Å². The molecule has 0 amide bonds. The second-order valence-corrected chi connectivity index (χ2v) is 11.3. The van der Waals surface area contributed by atoms with E-state index in [1.807, 2.05) is 31.2 Å². The molecule has 5 nitrogen and oxygen atoms in total. The number of aromatic nitrogens is 3. The van der Waals surface area contributed by atoms with Gasteiger partial charge in [0.25, 0.3) is 0 Å². The second-order valence-electron chi connectivity index (χ2n) is 11.3. The van der Waals surface area contributed by atoms with E-state index in [1.165, 1.54) is 10.7 Å². The summed E-state index contributed by atoms with van der Waals surface area (Å²) in [4.78, 5) is 3.44. The predicted octanol–water partition coefficient (Wildman–Crippen LogP) is 7.37. The van der Waals surface area contributed by atoms with Gasteiger partial charge in [-0.25, -0.2) is 0 Å². The van der Waals surface area contributed by atoms with Gasteiger partial charge in [-0.05, 0) is 55.5 Å². The van der Waals surface area contributed by atoms with Gasteiger partial charge in [-0.1, -0.05) is 37.3 Å². The van der Waals surface area contributed by atoms with Gasteiger partial charge in [0.15, 0.2) is 5.69 Å². The van der Waals surface area contributed by atoms with E-state index in [4.69, 9.17) is 10.5 Å². The third kappa shape index (κ3) is 4.89. The number of aromatic amines is 1. The van der Waals surface area contributed by atoms with Gasteiger partial charge >= 0.3 is 12.4 Å². The van der Waals surface area contributed by atoms with Crippen molar-refractivity contribution in [2.24, 2.45) is 5.73 Å². The largest absolute Gasteiger partial charge is 0.435 e. The van der Waals surface area contributed by atoms with E-state index < -0.39 is 40.7 Å². The number of ether oxygens (including phenoxy) is 1. The minimum absolute atomic E-state index is 0.150. The predicted molar refractivity (Wildman–Crippen MR) is 137 cm³/mol. The number of halogens is 6. The Hall–Kier alpha value is -3.31. The fourth-order valence-corrected chi connectivity index (χ4v) is 5.73. The minimum atomic E-state index is -4.63. The molecule has 1 aliphatic heterocycles. The number of hydrogen-bond acceptors (Lipinski definition) is 3. The molecule has 212 valence electrons. The van der Waals surface area contributed by atoms with Crippen LogP contribution in [0.25, 0.3) is 22.0 Å². The van der Waals surface area contributed by atoms with E-state index in [0.717, 1.165) is 34.8 Å². The van der Waals surface area contributed by atoms with Gasteiger partial charge in [-0.15, -0.1) is 0 Å². The first-order valence-corrected chi connectivity index (χ1v) is 13.1. The van der Waals surface area contributed by atoms with E-state index in [-0.39, 0.29) is 13.2 Å². The van der Waals surface area contributed by atoms with Crippen molar-refractivity contribution in [3.8, 4) is 11.1 Å². The number of benzene rings is 2. The Bertz CT molecular complexity index is 1560. The average molecular weight is 563 g/mol. The van der Waals surface area contributed by atoms with Crippen molar-refractivity contribution in [2.75, 3.05) is 6.61 Å². The van der Waals surface area contributed by atoms with Crippen LogP contribution >= 0.6 is 0 Å². The summed E-state index contributed by atoms with van der Waals surface area (Å²) in [5, 5.41) is 4.62. The van der Waals surface area contributed by atoms with Crippen LogP contribution in [-0.4, -0.2) is 26.9 Å². The molecule has 0 bridgehead atoms. The Kier molecular flexibility index (Phi) is 6.12. The summed E-state index contributed by atoms with van der Waals surface area (Å²) < 4.78 is 89.2. The highest BCUT2D eigenvalue weighted by atomic mass is 19.4. The number of rotatable bonds is 5. The number of hydrogen-bond donors (Lipinski definition) is 2.